The molecule has 0 radical (unpaired) electrons. The van der Waals surface area contributed by atoms with Crippen LogP contribution in [0.2, 0.25) is 0 Å². The minimum absolute atomic E-state index is 0.935. The maximum Gasteiger partial charge on any atom is 0.0916 e. The number of hydrogen-bond donors (Lipinski definition) is 0. The van der Waals surface area contributed by atoms with E-state index in [1.54, 1.807) is 12.4 Å². The van der Waals surface area contributed by atoms with Gasteiger partial charge in [0.05, 0.1) is 11.0 Å². The maximum absolute atomic E-state index is 4.24. The van der Waals surface area contributed by atoms with E-state index < -0.39 is 0 Å². The SMILES string of the molecule is Cc1cc(Br)cc2nccnc12. The first-order valence-corrected chi connectivity index (χ1v) is 4.43. The lowest BCUT2D eigenvalue weighted by molar-refractivity contribution is 1.27. The molecule has 3 heteroatoms. The first-order valence-electron chi connectivity index (χ1n) is 3.64. The van der Waals surface area contributed by atoms with Gasteiger partial charge in [-0.15, -0.1) is 0 Å². The summed E-state index contributed by atoms with van der Waals surface area (Å²) in [5.41, 5.74) is 3.05. The van der Waals surface area contributed by atoms with Crippen LogP contribution in [-0.4, -0.2) is 9.97 Å². The Morgan fingerprint density at radius 1 is 1.17 bits per heavy atom. The van der Waals surface area contributed by atoms with Gasteiger partial charge in [-0.05, 0) is 24.6 Å². The molecule has 2 rings (SSSR count). The second-order valence-corrected chi connectivity index (χ2v) is 3.56. The minimum Gasteiger partial charge on any atom is -0.253 e. The number of nitrogens with zero attached hydrogens (tertiary/aromatic N) is 2. The van der Waals surface area contributed by atoms with Crippen LogP contribution in [0.4, 0.5) is 0 Å². The van der Waals surface area contributed by atoms with Crippen molar-refractivity contribution in [1.82, 2.24) is 9.97 Å². The zero-order chi connectivity index (χ0) is 8.55. The predicted molar refractivity (Wildman–Crippen MR) is 52.0 cm³/mol. The molecule has 1 aromatic heterocycles. The number of aromatic nitrogens is 2. The summed E-state index contributed by atoms with van der Waals surface area (Å²) < 4.78 is 1.05. The molecule has 0 bridgehead atoms. The molecule has 0 N–H and O–H groups in total. The van der Waals surface area contributed by atoms with Gasteiger partial charge in [0.1, 0.15) is 0 Å². The highest BCUT2D eigenvalue weighted by atomic mass is 79.9. The van der Waals surface area contributed by atoms with Crippen LogP contribution in [0.3, 0.4) is 0 Å². The van der Waals surface area contributed by atoms with Crippen molar-refractivity contribution in [1.29, 1.82) is 0 Å². The highest BCUT2D eigenvalue weighted by Crippen LogP contribution is 2.19. The summed E-state index contributed by atoms with van der Waals surface area (Å²) in [6, 6.07) is 4.01. The molecule has 0 amide bonds. The monoisotopic (exact) mass is 222 g/mol. The third-order valence-corrected chi connectivity index (χ3v) is 2.19. The average Bonchev–Trinajstić information content (AvgIpc) is 2.04. The van der Waals surface area contributed by atoms with Gasteiger partial charge in [-0.25, -0.2) is 0 Å². The van der Waals surface area contributed by atoms with Gasteiger partial charge in [0.2, 0.25) is 0 Å². The van der Waals surface area contributed by atoms with E-state index >= 15 is 0 Å². The Kier molecular flexibility index (Phi) is 1.81. The van der Waals surface area contributed by atoms with E-state index in [1.165, 1.54) is 0 Å². The molecule has 0 spiro atoms. The summed E-state index contributed by atoms with van der Waals surface area (Å²) in [5, 5.41) is 0. The molecule has 2 aromatic rings. The standard InChI is InChI=1S/C9H7BrN2/c1-6-4-7(10)5-8-9(6)12-3-2-11-8/h2-5H,1H3. The molecule has 0 aliphatic rings. The zero-order valence-corrected chi connectivity index (χ0v) is 8.17. The molecule has 0 atom stereocenters. The normalized spacial score (nSPS) is 10.5. The molecule has 60 valence electrons. The molecule has 0 aliphatic heterocycles. The summed E-state index contributed by atoms with van der Waals surface area (Å²) in [7, 11) is 0. The summed E-state index contributed by atoms with van der Waals surface area (Å²) in [6.45, 7) is 2.03. The third kappa shape index (κ3) is 1.20. The number of halogens is 1. The van der Waals surface area contributed by atoms with E-state index in [9.17, 15) is 0 Å². The molecule has 0 saturated heterocycles. The zero-order valence-electron chi connectivity index (χ0n) is 6.58. The van der Waals surface area contributed by atoms with Gasteiger partial charge in [-0.3, -0.25) is 9.97 Å². The number of hydrogen-bond acceptors (Lipinski definition) is 2. The predicted octanol–water partition coefficient (Wildman–Crippen LogP) is 2.70. The first kappa shape index (κ1) is 7.68. The van der Waals surface area contributed by atoms with Gasteiger partial charge in [0.25, 0.3) is 0 Å². The van der Waals surface area contributed by atoms with Crippen molar-refractivity contribution >= 4 is 27.0 Å². The summed E-state index contributed by atoms with van der Waals surface area (Å²) in [6.07, 6.45) is 3.41. The molecule has 0 saturated carbocycles. The van der Waals surface area contributed by atoms with E-state index in [2.05, 4.69) is 25.9 Å². The van der Waals surface area contributed by atoms with Gasteiger partial charge in [0.15, 0.2) is 0 Å². The number of rotatable bonds is 0. The number of benzene rings is 1. The fourth-order valence-electron chi connectivity index (χ4n) is 1.21. The van der Waals surface area contributed by atoms with Crippen molar-refractivity contribution in [3.8, 4) is 0 Å². The molecule has 0 aliphatic carbocycles. The highest BCUT2D eigenvalue weighted by molar-refractivity contribution is 9.10. The summed E-state index contributed by atoms with van der Waals surface area (Å²) in [5.74, 6) is 0. The molecular weight excluding hydrogens is 216 g/mol. The Balaban J connectivity index is 2.89. The topological polar surface area (TPSA) is 25.8 Å². The summed E-state index contributed by atoms with van der Waals surface area (Å²) >= 11 is 3.42. The van der Waals surface area contributed by atoms with Crippen LogP contribution >= 0.6 is 15.9 Å². The lowest BCUT2D eigenvalue weighted by Gasteiger charge is -1.99. The smallest absolute Gasteiger partial charge is 0.0916 e. The third-order valence-electron chi connectivity index (χ3n) is 1.73. The average molecular weight is 223 g/mol. The van der Waals surface area contributed by atoms with Crippen molar-refractivity contribution in [2.75, 3.05) is 0 Å². The van der Waals surface area contributed by atoms with Crippen molar-refractivity contribution < 1.29 is 0 Å². The second-order valence-electron chi connectivity index (χ2n) is 2.65. The summed E-state index contributed by atoms with van der Waals surface area (Å²) in [4.78, 5) is 8.45. The molecule has 12 heavy (non-hydrogen) atoms. The Bertz CT molecular complexity index is 426. The van der Waals surface area contributed by atoms with Gasteiger partial charge in [0, 0.05) is 16.9 Å². The van der Waals surface area contributed by atoms with Crippen LogP contribution in [0, 0.1) is 6.92 Å². The van der Waals surface area contributed by atoms with E-state index in [0.717, 1.165) is 21.1 Å². The van der Waals surface area contributed by atoms with Crippen LogP contribution in [0.25, 0.3) is 11.0 Å². The Morgan fingerprint density at radius 2 is 1.92 bits per heavy atom. The maximum atomic E-state index is 4.24. The van der Waals surface area contributed by atoms with E-state index in [4.69, 9.17) is 0 Å². The first-order chi connectivity index (χ1) is 5.77. The van der Waals surface area contributed by atoms with Gasteiger partial charge in [-0.1, -0.05) is 15.9 Å². The Morgan fingerprint density at radius 3 is 2.75 bits per heavy atom. The molecule has 2 nitrogen and oxygen atoms in total. The van der Waals surface area contributed by atoms with Crippen LogP contribution < -0.4 is 0 Å². The van der Waals surface area contributed by atoms with Crippen LogP contribution in [0.15, 0.2) is 29.0 Å². The second kappa shape index (κ2) is 2.83. The van der Waals surface area contributed by atoms with E-state index in [-0.39, 0.29) is 0 Å². The molecular formula is C9H7BrN2. The molecule has 0 fully saturated rings. The molecule has 0 unspecified atom stereocenters. The van der Waals surface area contributed by atoms with Crippen molar-refractivity contribution in [3.05, 3.63) is 34.6 Å². The number of aryl methyl sites for hydroxylation is 1. The van der Waals surface area contributed by atoms with Crippen molar-refractivity contribution in [2.24, 2.45) is 0 Å². The Labute approximate surface area is 78.8 Å². The van der Waals surface area contributed by atoms with Crippen molar-refractivity contribution in [3.63, 3.8) is 0 Å². The molecule has 1 heterocycles. The largest absolute Gasteiger partial charge is 0.253 e. The van der Waals surface area contributed by atoms with Crippen LogP contribution in [0.5, 0.6) is 0 Å². The van der Waals surface area contributed by atoms with E-state index in [0.29, 0.717) is 0 Å². The van der Waals surface area contributed by atoms with Crippen LogP contribution in [0.1, 0.15) is 5.56 Å². The highest BCUT2D eigenvalue weighted by Gasteiger charge is 1.99. The fraction of sp³-hybridized carbons (Fsp3) is 0.111. The fourth-order valence-corrected chi connectivity index (χ4v) is 1.77. The lowest BCUT2D eigenvalue weighted by atomic mass is 10.2. The van der Waals surface area contributed by atoms with Gasteiger partial charge < -0.3 is 0 Å². The molecule has 1 aromatic carbocycles. The van der Waals surface area contributed by atoms with Crippen molar-refractivity contribution in [2.45, 2.75) is 6.92 Å². The van der Waals surface area contributed by atoms with Gasteiger partial charge >= 0.3 is 0 Å². The quantitative estimate of drug-likeness (QED) is 0.686. The number of fused-ring (bicyclic) bond motifs is 1. The lowest BCUT2D eigenvalue weighted by Crippen LogP contribution is -1.85. The minimum atomic E-state index is 0.935. The van der Waals surface area contributed by atoms with E-state index in [1.807, 2.05) is 19.1 Å². The van der Waals surface area contributed by atoms with Crippen LogP contribution in [-0.2, 0) is 0 Å². The Hall–Kier alpha value is -0.960. The van der Waals surface area contributed by atoms with Gasteiger partial charge in [-0.2, -0.15) is 0 Å².